The van der Waals surface area contributed by atoms with Gasteiger partial charge in [0.1, 0.15) is 12.4 Å². The van der Waals surface area contributed by atoms with E-state index in [1.165, 1.54) is 6.33 Å². The Labute approximate surface area is 105 Å². The summed E-state index contributed by atoms with van der Waals surface area (Å²) in [7, 11) is 0. The van der Waals surface area contributed by atoms with E-state index in [0.717, 1.165) is 19.5 Å². The number of amides is 1. The van der Waals surface area contributed by atoms with Crippen LogP contribution in [0, 0.1) is 5.82 Å². The molecule has 98 valence electrons. The first-order valence-electron chi connectivity index (χ1n) is 6.18. The fraction of sp³-hybridized carbons (Fsp3) is 0.583. The summed E-state index contributed by atoms with van der Waals surface area (Å²) >= 11 is 0. The minimum absolute atomic E-state index is 0.0164. The van der Waals surface area contributed by atoms with E-state index in [1.807, 2.05) is 6.92 Å². The Kier molecular flexibility index (Phi) is 3.74. The van der Waals surface area contributed by atoms with Gasteiger partial charge in [-0.1, -0.05) is 6.92 Å². The predicted molar refractivity (Wildman–Crippen MR) is 65.6 cm³/mol. The second kappa shape index (κ2) is 5.29. The number of nitrogens with zero attached hydrogens (tertiary/aromatic N) is 3. The highest BCUT2D eigenvalue weighted by molar-refractivity contribution is 5.84. The number of carbonyl (C=O) groups excluding carboxylic acids is 1. The Hall–Kier alpha value is -1.72. The van der Waals surface area contributed by atoms with Crippen LogP contribution in [0.4, 0.5) is 10.2 Å². The maximum absolute atomic E-state index is 13.9. The Morgan fingerprint density at radius 1 is 1.56 bits per heavy atom. The third kappa shape index (κ3) is 2.42. The predicted octanol–water partition coefficient (Wildman–Crippen LogP) is 1.21. The van der Waals surface area contributed by atoms with Gasteiger partial charge in [-0.3, -0.25) is 4.79 Å². The van der Waals surface area contributed by atoms with Crippen molar-refractivity contribution in [1.82, 2.24) is 14.9 Å². The van der Waals surface area contributed by atoms with Gasteiger partial charge >= 0.3 is 0 Å². The van der Waals surface area contributed by atoms with E-state index in [2.05, 4.69) is 15.3 Å². The quantitative estimate of drug-likeness (QED) is 0.875. The molecule has 18 heavy (non-hydrogen) atoms. The first kappa shape index (κ1) is 12.7. The smallest absolute Gasteiger partial charge is 0.244 e. The number of likely N-dealkylation sites (tertiary alicyclic amines) is 1. The van der Waals surface area contributed by atoms with Crippen molar-refractivity contribution in [2.24, 2.45) is 0 Å². The molecule has 0 aromatic carbocycles. The minimum Gasteiger partial charge on any atom is -0.356 e. The molecule has 2 rings (SSSR count). The molecule has 2 heterocycles. The number of hydrogen-bond acceptors (Lipinski definition) is 4. The van der Waals surface area contributed by atoms with Gasteiger partial charge in [0, 0.05) is 13.1 Å². The fourth-order valence-corrected chi connectivity index (χ4v) is 1.83. The van der Waals surface area contributed by atoms with Crippen LogP contribution in [-0.4, -0.2) is 39.9 Å². The van der Waals surface area contributed by atoms with Gasteiger partial charge in [0.25, 0.3) is 0 Å². The summed E-state index contributed by atoms with van der Waals surface area (Å²) in [5.41, 5.74) is 0.357. The number of anilines is 1. The van der Waals surface area contributed by atoms with Crippen LogP contribution in [0.2, 0.25) is 0 Å². The van der Waals surface area contributed by atoms with E-state index in [4.69, 9.17) is 0 Å². The van der Waals surface area contributed by atoms with Gasteiger partial charge in [-0.15, -0.1) is 0 Å². The number of rotatable bonds is 4. The second-order valence-electron chi connectivity index (χ2n) is 4.38. The topological polar surface area (TPSA) is 58.1 Å². The van der Waals surface area contributed by atoms with Gasteiger partial charge < -0.3 is 10.2 Å². The number of aryl methyl sites for hydroxylation is 1. The second-order valence-corrected chi connectivity index (χ2v) is 4.38. The van der Waals surface area contributed by atoms with Crippen molar-refractivity contribution in [2.45, 2.75) is 32.7 Å². The molecule has 0 aliphatic carbocycles. The molecule has 1 amide bonds. The first-order chi connectivity index (χ1) is 8.63. The summed E-state index contributed by atoms with van der Waals surface area (Å²) in [5.74, 6) is -0.385. The van der Waals surface area contributed by atoms with Crippen LogP contribution >= 0.6 is 0 Å². The Morgan fingerprint density at radius 3 is 2.83 bits per heavy atom. The van der Waals surface area contributed by atoms with E-state index < -0.39 is 11.9 Å². The lowest BCUT2D eigenvalue weighted by Crippen LogP contribution is -2.48. The molecule has 1 aromatic heterocycles. The van der Waals surface area contributed by atoms with Crippen LogP contribution in [-0.2, 0) is 11.2 Å². The van der Waals surface area contributed by atoms with Crippen LogP contribution in [0.1, 0.15) is 26.0 Å². The van der Waals surface area contributed by atoms with Crippen molar-refractivity contribution in [3.8, 4) is 0 Å². The standard InChI is InChI=1S/C12H17FN4O/c1-3-9-10(13)11(15-7-14-9)16-8(2)12(18)17-5-4-6-17/h7-8H,3-6H2,1-2H3,(H,14,15,16)/t8-/m1/s1. The highest BCUT2D eigenvalue weighted by Crippen LogP contribution is 2.16. The third-order valence-corrected chi connectivity index (χ3v) is 3.09. The summed E-state index contributed by atoms with van der Waals surface area (Å²) in [4.78, 5) is 21.3. The Balaban J connectivity index is 2.06. The molecular formula is C12H17FN4O. The number of carbonyl (C=O) groups is 1. The number of halogens is 1. The lowest BCUT2D eigenvalue weighted by atomic mass is 10.1. The number of aromatic nitrogens is 2. The maximum atomic E-state index is 13.9. The Morgan fingerprint density at radius 2 is 2.28 bits per heavy atom. The van der Waals surface area contributed by atoms with Crippen molar-refractivity contribution < 1.29 is 9.18 Å². The molecule has 1 saturated heterocycles. The van der Waals surface area contributed by atoms with Crippen molar-refractivity contribution in [3.05, 3.63) is 17.8 Å². The monoisotopic (exact) mass is 252 g/mol. The average Bonchev–Trinajstić information content (AvgIpc) is 2.29. The molecule has 0 radical (unpaired) electrons. The van der Waals surface area contributed by atoms with E-state index in [9.17, 15) is 9.18 Å². The summed E-state index contributed by atoms with van der Waals surface area (Å²) in [6.45, 7) is 5.12. The third-order valence-electron chi connectivity index (χ3n) is 3.09. The molecule has 6 heteroatoms. The zero-order valence-corrected chi connectivity index (χ0v) is 10.6. The molecule has 5 nitrogen and oxygen atoms in total. The van der Waals surface area contributed by atoms with Gasteiger partial charge in [-0.05, 0) is 19.8 Å². The molecule has 1 N–H and O–H groups in total. The lowest BCUT2D eigenvalue weighted by Gasteiger charge is -2.33. The van der Waals surface area contributed by atoms with Gasteiger partial charge in [-0.2, -0.15) is 0 Å². The molecule has 1 aliphatic heterocycles. The highest BCUT2D eigenvalue weighted by Gasteiger charge is 2.26. The molecule has 0 spiro atoms. The van der Waals surface area contributed by atoms with Gasteiger partial charge in [0.05, 0.1) is 5.69 Å². The van der Waals surface area contributed by atoms with Crippen molar-refractivity contribution in [2.75, 3.05) is 18.4 Å². The summed E-state index contributed by atoms with van der Waals surface area (Å²) < 4.78 is 13.9. The number of nitrogens with one attached hydrogen (secondary N) is 1. The summed E-state index contributed by atoms with van der Waals surface area (Å²) in [5, 5.41) is 2.82. The fourth-order valence-electron chi connectivity index (χ4n) is 1.83. The van der Waals surface area contributed by atoms with Crippen LogP contribution in [0.5, 0.6) is 0 Å². The van der Waals surface area contributed by atoms with E-state index in [0.29, 0.717) is 12.1 Å². The molecule has 0 bridgehead atoms. The van der Waals surface area contributed by atoms with E-state index in [1.54, 1.807) is 11.8 Å². The van der Waals surface area contributed by atoms with E-state index >= 15 is 0 Å². The van der Waals surface area contributed by atoms with Gasteiger partial charge in [-0.25, -0.2) is 14.4 Å². The highest BCUT2D eigenvalue weighted by atomic mass is 19.1. The van der Waals surface area contributed by atoms with Gasteiger partial charge in [0.2, 0.25) is 5.91 Å². The zero-order valence-electron chi connectivity index (χ0n) is 10.6. The van der Waals surface area contributed by atoms with E-state index in [-0.39, 0.29) is 11.7 Å². The largest absolute Gasteiger partial charge is 0.356 e. The SMILES string of the molecule is CCc1ncnc(N[C@H](C)C(=O)N2CCC2)c1F. The molecule has 1 atom stereocenters. The van der Waals surface area contributed by atoms with Crippen LogP contribution in [0.25, 0.3) is 0 Å². The molecule has 1 fully saturated rings. The minimum atomic E-state index is -0.473. The van der Waals surface area contributed by atoms with Crippen molar-refractivity contribution in [3.63, 3.8) is 0 Å². The van der Waals surface area contributed by atoms with Crippen molar-refractivity contribution >= 4 is 11.7 Å². The molecule has 0 unspecified atom stereocenters. The molecule has 1 aromatic rings. The zero-order chi connectivity index (χ0) is 13.1. The van der Waals surface area contributed by atoms with Crippen LogP contribution < -0.4 is 5.32 Å². The number of hydrogen-bond donors (Lipinski definition) is 1. The van der Waals surface area contributed by atoms with Crippen molar-refractivity contribution in [1.29, 1.82) is 0 Å². The first-order valence-corrected chi connectivity index (χ1v) is 6.18. The van der Waals surface area contributed by atoms with Crippen LogP contribution in [0.15, 0.2) is 6.33 Å². The normalized spacial score (nSPS) is 16.1. The van der Waals surface area contributed by atoms with Gasteiger partial charge in [0.15, 0.2) is 11.6 Å². The molecule has 1 aliphatic rings. The average molecular weight is 252 g/mol. The summed E-state index contributed by atoms with van der Waals surface area (Å²) in [6.07, 6.45) is 2.85. The molecular weight excluding hydrogens is 235 g/mol. The van der Waals surface area contributed by atoms with Crippen LogP contribution in [0.3, 0.4) is 0 Å². The molecule has 0 saturated carbocycles. The lowest BCUT2D eigenvalue weighted by molar-refractivity contribution is -0.135. The Bertz CT molecular complexity index is 448. The maximum Gasteiger partial charge on any atom is 0.244 e. The summed E-state index contributed by atoms with van der Waals surface area (Å²) in [6, 6.07) is -0.473.